The largest absolute Gasteiger partial charge is 0.340 e. The molecule has 1 unspecified atom stereocenters. The van der Waals surface area contributed by atoms with E-state index in [-0.39, 0.29) is 0 Å². The van der Waals surface area contributed by atoms with Crippen molar-refractivity contribution in [1.29, 1.82) is 0 Å². The predicted molar refractivity (Wildman–Crippen MR) is 74.2 cm³/mol. The third-order valence-electron chi connectivity index (χ3n) is 4.77. The number of carbonyl (C=O) groups excluding carboxylic acids is 1. The van der Waals surface area contributed by atoms with Crippen LogP contribution in [0.3, 0.4) is 0 Å². The minimum absolute atomic E-state index is 0.384. The Morgan fingerprint density at radius 1 is 1.17 bits per heavy atom. The van der Waals surface area contributed by atoms with E-state index >= 15 is 0 Å². The zero-order valence-corrected chi connectivity index (χ0v) is 11.7. The van der Waals surface area contributed by atoms with E-state index in [0.717, 1.165) is 45.1 Å². The SMILES string of the molecule is CCC1CCCCN1C(=O)CC1CCC(N)CC1. The van der Waals surface area contributed by atoms with E-state index < -0.39 is 0 Å². The Hall–Kier alpha value is -0.570. The van der Waals surface area contributed by atoms with Gasteiger partial charge in [0.1, 0.15) is 0 Å². The second kappa shape index (κ2) is 6.55. The summed E-state index contributed by atoms with van der Waals surface area (Å²) in [6, 6.07) is 0.895. The Morgan fingerprint density at radius 2 is 1.89 bits per heavy atom. The van der Waals surface area contributed by atoms with E-state index in [0.29, 0.717) is 23.9 Å². The number of rotatable bonds is 3. The lowest BCUT2D eigenvalue weighted by Gasteiger charge is -2.37. The third kappa shape index (κ3) is 3.47. The molecule has 3 heteroatoms. The molecule has 18 heavy (non-hydrogen) atoms. The molecule has 1 saturated carbocycles. The molecule has 2 rings (SSSR count). The number of nitrogens with two attached hydrogens (primary N) is 1. The van der Waals surface area contributed by atoms with Crippen molar-refractivity contribution in [3.05, 3.63) is 0 Å². The number of piperidine rings is 1. The molecule has 3 nitrogen and oxygen atoms in total. The second-order valence-corrected chi connectivity index (χ2v) is 6.13. The van der Waals surface area contributed by atoms with Crippen molar-refractivity contribution in [2.75, 3.05) is 6.54 Å². The summed E-state index contributed by atoms with van der Waals surface area (Å²) in [6.45, 7) is 3.19. The third-order valence-corrected chi connectivity index (χ3v) is 4.77. The van der Waals surface area contributed by atoms with Gasteiger partial charge < -0.3 is 10.6 Å². The fourth-order valence-electron chi connectivity index (χ4n) is 3.51. The summed E-state index contributed by atoms with van der Waals surface area (Å²) < 4.78 is 0. The molecule has 0 aromatic carbocycles. The lowest BCUT2D eigenvalue weighted by Crippen LogP contribution is -2.44. The van der Waals surface area contributed by atoms with Crippen LogP contribution in [-0.4, -0.2) is 29.4 Å². The van der Waals surface area contributed by atoms with Gasteiger partial charge in [-0.3, -0.25) is 4.79 Å². The van der Waals surface area contributed by atoms with Gasteiger partial charge in [-0.1, -0.05) is 6.92 Å². The standard InChI is InChI=1S/C15H28N2O/c1-2-14-5-3-4-10-17(14)15(18)11-12-6-8-13(16)9-7-12/h12-14H,2-11,16H2,1H3. The average molecular weight is 252 g/mol. The second-order valence-electron chi connectivity index (χ2n) is 6.13. The van der Waals surface area contributed by atoms with Crippen LogP contribution in [0.15, 0.2) is 0 Å². The highest BCUT2D eigenvalue weighted by Crippen LogP contribution is 2.28. The van der Waals surface area contributed by atoms with Gasteiger partial charge in [0.15, 0.2) is 0 Å². The Bertz CT molecular complexity index is 272. The lowest BCUT2D eigenvalue weighted by atomic mass is 9.84. The van der Waals surface area contributed by atoms with Crippen molar-refractivity contribution in [3.8, 4) is 0 Å². The highest BCUT2D eigenvalue weighted by molar-refractivity contribution is 5.76. The maximum Gasteiger partial charge on any atom is 0.223 e. The number of nitrogens with zero attached hydrogens (tertiary/aromatic N) is 1. The quantitative estimate of drug-likeness (QED) is 0.839. The van der Waals surface area contributed by atoms with Crippen LogP contribution in [0.5, 0.6) is 0 Å². The maximum absolute atomic E-state index is 12.4. The zero-order chi connectivity index (χ0) is 13.0. The van der Waals surface area contributed by atoms with Crippen LogP contribution in [-0.2, 0) is 4.79 Å². The molecule has 1 aliphatic carbocycles. The Labute approximate surface area is 111 Å². The van der Waals surface area contributed by atoms with Gasteiger partial charge in [-0.05, 0) is 57.3 Å². The molecular weight excluding hydrogens is 224 g/mol. The van der Waals surface area contributed by atoms with Crippen LogP contribution in [0.1, 0.15) is 64.7 Å². The number of carbonyl (C=O) groups is 1. The first-order valence-electron chi connectivity index (χ1n) is 7.75. The van der Waals surface area contributed by atoms with Gasteiger partial charge in [0, 0.05) is 25.0 Å². The van der Waals surface area contributed by atoms with Crippen LogP contribution in [0.4, 0.5) is 0 Å². The van der Waals surface area contributed by atoms with E-state index in [1.807, 2.05) is 0 Å². The number of hydrogen-bond donors (Lipinski definition) is 1. The summed E-state index contributed by atoms with van der Waals surface area (Å²) in [5, 5.41) is 0. The minimum atomic E-state index is 0.384. The first kappa shape index (κ1) is 13.9. The molecule has 0 radical (unpaired) electrons. The normalized spacial score (nSPS) is 33.4. The molecule has 1 amide bonds. The van der Waals surface area contributed by atoms with Gasteiger partial charge >= 0.3 is 0 Å². The molecule has 0 spiro atoms. The van der Waals surface area contributed by atoms with Gasteiger partial charge in [0.25, 0.3) is 0 Å². The van der Waals surface area contributed by atoms with Gasteiger partial charge in [0.05, 0.1) is 0 Å². The first-order chi connectivity index (χ1) is 8.70. The van der Waals surface area contributed by atoms with E-state index in [1.54, 1.807) is 0 Å². The van der Waals surface area contributed by atoms with E-state index in [4.69, 9.17) is 5.73 Å². The molecule has 1 aliphatic heterocycles. The number of amides is 1. The number of likely N-dealkylation sites (tertiary alicyclic amines) is 1. The summed E-state index contributed by atoms with van der Waals surface area (Å²) in [5.74, 6) is 0.999. The summed E-state index contributed by atoms with van der Waals surface area (Å²) >= 11 is 0. The van der Waals surface area contributed by atoms with Crippen molar-refractivity contribution in [2.24, 2.45) is 11.7 Å². The smallest absolute Gasteiger partial charge is 0.223 e. The van der Waals surface area contributed by atoms with Crippen LogP contribution >= 0.6 is 0 Å². The fourth-order valence-corrected chi connectivity index (χ4v) is 3.51. The topological polar surface area (TPSA) is 46.3 Å². The highest BCUT2D eigenvalue weighted by Gasteiger charge is 2.28. The van der Waals surface area contributed by atoms with Crippen molar-refractivity contribution < 1.29 is 4.79 Å². The lowest BCUT2D eigenvalue weighted by molar-refractivity contribution is -0.136. The van der Waals surface area contributed by atoms with Crippen LogP contribution in [0, 0.1) is 5.92 Å². The average Bonchev–Trinajstić information content (AvgIpc) is 2.41. The fraction of sp³-hybridized carbons (Fsp3) is 0.933. The van der Waals surface area contributed by atoms with Crippen molar-refractivity contribution >= 4 is 5.91 Å². The monoisotopic (exact) mass is 252 g/mol. The molecule has 104 valence electrons. The van der Waals surface area contributed by atoms with Gasteiger partial charge in [-0.15, -0.1) is 0 Å². The molecule has 2 fully saturated rings. The van der Waals surface area contributed by atoms with Crippen molar-refractivity contribution in [2.45, 2.75) is 76.8 Å². The van der Waals surface area contributed by atoms with E-state index in [2.05, 4.69) is 11.8 Å². The summed E-state index contributed by atoms with van der Waals surface area (Å²) in [6.07, 6.45) is 10.1. The van der Waals surface area contributed by atoms with Gasteiger partial charge in [0.2, 0.25) is 5.91 Å². The molecular formula is C15H28N2O. The van der Waals surface area contributed by atoms with Crippen molar-refractivity contribution in [1.82, 2.24) is 4.90 Å². The Morgan fingerprint density at radius 3 is 2.56 bits per heavy atom. The minimum Gasteiger partial charge on any atom is -0.340 e. The molecule has 2 N–H and O–H groups in total. The molecule has 1 heterocycles. The van der Waals surface area contributed by atoms with Crippen molar-refractivity contribution in [3.63, 3.8) is 0 Å². The molecule has 1 atom stereocenters. The highest BCUT2D eigenvalue weighted by atomic mass is 16.2. The molecule has 0 bridgehead atoms. The van der Waals surface area contributed by atoms with Crippen LogP contribution < -0.4 is 5.73 Å². The number of hydrogen-bond acceptors (Lipinski definition) is 2. The van der Waals surface area contributed by atoms with Gasteiger partial charge in [-0.25, -0.2) is 0 Å². The van der Waals surface area contributed by atoms with Crippen LogP contribution in [0.25, 0.3) is 0 Å². The summed E-state index contributed by atoms with van der Waals surface area (Å²) in [5.41, 5.74) is 5.92. The molecule has 0 aromatic rings. The molecule has 2 aliphatic rings. The Kier molecular flexibility index (Phi) is 5.04. The van der Waals surface area contributed by atoms with Gasteiger partial charge in [-0.2, -0.15) is 0 Å². The first-order valence-corrected chi connectivity index (χ1v) is 7.75. The predicted octanol–water partition coefficient (Wildman–Crippen LogP) is 2.69. The summed E-state index contributed by atoms with van der Waals surface area (Å²) in [7, 11) is 0. The van der Waals surface area contributed by atoms with Crippen LogP contribution in [0.2, 0.25) is 0 Å². The van der Waals surface area contributed by atoms with E-state index in [1.165, 1.54) is 19.3 Å². The summed E-state index contributed by atoms with van der Waals surface area (Å²) in [4.78, 5) is 14.6. The maximum atomic E-state index is 12.4. The van der Waals surface area contributed by atoms with E-state index in [9.17, 15) is 4.79 Å². The molecule has 0 aromatic heterocycles. The Balaban J connectivity index is 1.82. The molecule has 1 saturated heterocycles. The zero-order valence-electron chi connectivity index (χ0n) is 11.7.